The smallest absolute Gasteiger partial charge is 0.232 e. The average Bonchev–Trinajstić information content (AvgIpc) is 2.57. The number of carbonyl (C=O) groups is 2. The summed E-state index contributed by atoms with van der Waals surface area (Å²) in [6.07, 6.45) is 1.44. The number of benzene rings is 1. The molecular formula is C17H26N4O2. The summed E-state index contributed by atoms with van der Waals surface area (Å²) in [6.45, 7) is 4.33. The molecule has 126 valence electrons. The first-order valence-corrected chi connectivity index (χ1v) is 8.28. The van der Waals surface area contributed by atoms with Gasteiger partial charge in [-0.25, -0.2) is 0 Å². The van der Waals surface area contributed by atoms with Gasteiger partial charge in [0.25, 0.3) is 0 Å². The quantitative estimate of drug-likeness (QED) is 0.562. The van der Waals surface area contributed by atoms with Crippen molar-refractivity contribution < 1.29 is 9.59 Å². The molecule has 23 heavy (non-hydrogen) atoms. The van der Waals surface area contributed by atoms with Crippen LogP contribution in [0.25, 0.3) is 0 Å². The zero-order valence-electron chi connectivity index (χ0n) is 13.4. The van der Waals surface area contributed by atoms with Gasteiger partial charge in [-0.3, -0.25) is 9.59 Å². The summed E-state index contributed by atoms with van der Waals surface area (Å²) in [4.78, 5) is 24.8. The number of hydrogen-bond acceptors (Lipinski definition) is 4. The Bertz CT molecular complexity index is 469. The van der Waals surface area contributed by atoms with E-state index in [9.17, 15) is 9.59 Å². The fraction of sp³-hybridized carbons (Fsp3) is 0.529. The highest BCUT2D eigenvalue weighted by atomic mass is 16.2. The molecule has 0 aliphatic carbocycles. The minimum atomic E-state index is -0.694. The van der Waals surface area contributed by atoms with Crippen LogP contribution < -0.4 is 21.3 Å². The van der Waals surface area contributed by atoms with Gasteiger partial charge in [0.15, 0.2) is 0 Å². The Kier molecular flexibility index (Phi) is 7.56. The normalized spacial score (nSPS) is 19.5. The van der Waals surface area contributed by atoms with Gasteiger partial charge < -0.3 is 21.3 Å². The number of carbonyl (C=O) groups excluding carboxylic acids is 2. The van der Waals surface area contributed by atoms with Crippen molar-refractivity contribution in [3.8, 4) is 0 Å². The van der Waals surface area contributed by atoms with E-state index in [-0.39, 0.29) is 11.8 Å². The van der Waals surface area contributed by atoms with Gasteiger partial charge in [0.2, 0.25) is 11.8 Å². The van der Waals surface area contributed by atoms with Crippen LogP contribution in [0.5, 0.6) is 0 Å². The van der Waals surface area contributed by atoms with Gasteiger partial charge in [-0.1, -0.05) is 30.3 Å². The summed E-state index contributed by atoms with van der Waals surface area (Å²) in [5.41, 5.74) is 0.986. The van der Waals surface area contributed by atoms with Gasteiger partial charge in [0.1, 0.15) is 5.92 Å². The number of hydrogen-bond donors (Lipinski definition) is 4. The Balaban J connectivity index is 1.99. The molecule has 1 heterocycles. The molecule has 0 atom stereocenters. The van der Waals surface area contributed by atoms with E-state index in [1.54, 1.807) is 0 Å². The molecule has 0 unspecified atom stereocenters. The second-order valence-corrected chi connectivity index (χ2v) is 5.68. The summed E-state index contributed by atoms with van der Waals surface area (Å²) in [5.74, 6) is -1.11. The first kappa shape index (κ1) is 17.4. The fourth-order valence-corrected chi connectivity index (χ4v) is 2.54. The third kappa shape index (κ3) is 6.38. The molecule has 6 heteroatoms. The highest BCUT2D eigenvalue weighted by molar-refractivity contribution is 6.00. The number of amides is 2. The van der Waals surface area contributed by atoms with Crippen LogP contribution in [-0.4, -0.2) is 51.1 Å². The van der Waals surface area contributed by atoms with E-state index in [0.717, 1.165) is 25.1 Å². The minimum absolute atomic E-state index is 0.210. The van der Waals surface area contributed by atoms with Gasteiger partial charge in [-0.2, -0.15) is 0 Å². The minimum Gasteiger partial charge on any atom is -0.354 e. The zero-order chi connectivity index (χ0) is 16.3. The molecular weight excluding hydrogens is 292 g/mol. The Hall–Kier alpha value is -1.92. The van der Waals surface area contributed by atoms with Gasteiger partial charge in [0.05, 0.1) is 0 Å². The second kappa shape index (κ2) is 9.97. The van der Waals surface area contributed by atoms with E-state index in [0.29, 0.717) is 32.6 Å². The van der Waals surface area contributed by atoms with Crippen LogP contribution in [0.1, 0.15) is 12.0 Å². The van der Waals surface area contributed by atoms with E-state index >= 15 is 0 Å². The zero-order valence-corrected chi connectivity index (χ0v) is 13.4. The molecule has 6 nitrogen and oxygen atoms in total. The second-order valence-electron chi connectivity index (χ2n) is 5.68. The fourth-order valence-electron chi connectivity index (χ4n) is 2.54. The van der Waals surface area contributed by atoms with Crippen LogP contribution in [0.4, 0.5) is 0 Å². The molecule has 0 bridgehead atoms. The van der Waals surface area contributed by atoms with E-state index in [1.165, 1.54) is 0 Å². The summed E-state index contributed by atoms with van der Waals surface area (Å²) < 4.78 is 0. The van der Waals surface area contributed by atoms with Gasteiger partial charge >= 0.3 is 0 Å². The van der Waals surface area contributed by atoms with E-state index in [1.807, 2.05) is 30.3 Å². The van der Waals surface area contributed by atoms with Crippen LogP contribution >= 0.6 is 0 Å². The topological polar surface area (TPSA) is 82.3 Å². The SMILES string of the molecule is O=C1NCCNCCCNCCNC(=O)C1Cc1ccccc1. The molecule has 0 saturated carbocycles. The van der Waals surface area contributed by atoms with E-state index in [4.69, 9.17) is 0 Å². The molecule has 4 N–H and O–H groups in total. The van der Waals surface area contributed by atoms with Crippen molar-refractivity contribution >= 4 is 11.8 Å². The maximum atomic E-state index is 12.4. The van der Waals surface area contributed by atoms with Crippen LogP contribution in [0.3, 0.4) is 0 Å². The van der Waals surface area contributed by atoms with Crippen molar-refractivity contribution in [3.05, 3.63) is 35.9 Å². The molecule has 0 radical (unpaired) electrons. The van der Waals surface area contributed by atoms with Crippen molar-refractivity contribution in [1.82, 2.24) is 21.3 Å². The van der Waals surface area contributed by atoms with Crippen LogP contribution in [0, 0.1) is 5.92 Å². The Labute approximate surface area is 137 Å². The monoisotopic (exact) mass is 318 g/mol. The van der Waals surface area contributed by atoms with Crippen molar-refractivity contribution in [2.45, 2.75) is 12.8 Å². The highest BCUT2D eigenvalue weighted by Crippen LogP contribution is 2.09. The van der Waals surface area contributed by atoms with Crippen molar-refractivity contribution in [3.63, 3.8) is 0 Å². The molecule has 1 saturated heterocycles. The van der Waals surface area contributed by atoms with Crippen molar-refractivity contribution in [2.75, 3.05) is 39.3 Å². The predicted molar refractivity (Wildman–Crippen MR) is 90.0 cm³/mol. The standard InChI is InChI=1S/C17H26N4O2/c22-16-15(13-14-5-2-1-3-6-14)17(23)21-12-10-19-8-4-7-18-9-11-20-16/h1-3,5-6,15,18-19H,4,7-13H2,(H,20,22)(H,21,23). The molecule has 1 aliphatic heterocycles. The van der Waals surface area contributed by atoms with E-state index in [2.05, 4.69) is 21.3 Å². The van der Waals surface area contributed by atoms with Gasteiger partial charge in [0, 0.05) is 26.2 Å². The maximum Gasteiger partial charge on any atom is 0.232 e. The molecule has 0 aromatic heterocycles. The Morgan fingerprint density at radius 2 is 1.35 bits per heavy atom. The summed E-state index contributed by atoms with van der Waals surface area (Å²) in [5, 5.41) is 12.3. The number of rotatable bonds is 2. The Morgan fingerprint density at radius 3 is 1.91 bits per heavy atom. The highest BCUT2D eigenvalue weighted by Gasteiger charge is 2.26. The lowest BCUT2D eigenvalue weighted by atomic mass is 9.97. The lowest BCUT2D eigenvalue weighted by Crippen LogP contribution is -2.46. The predicted octanol–water partition coefficient (Wildman–Crippen LogP) is -0.339. The third-order valence-electron chi connectivity index (χ3n) is 3.82. The molecule has 1 aromatic rings. The van der Waals surface area contributed by atoms with Crippen LogP contribution in [0.2, 0.25) is 0 Å². The number of nitrogens with one attached hydrogen (secondary N) is 4. The van der Waals surface area contributed by atoms with Crippen molar-refractivity contribution in [2.24, 2.45) is 5.92 Å². The lowest BCUT2D eigenvalue weighted by molar-refractivity contribution is -0.135. The maximum absolute atomic E-state index is 12.4. The van der Waals surface area contributed by atoms with Gasteiger partial charge in [-0.05, 0) is 31.5 Å². The van der Waals surface area contributed by atoms with Crippen LogP contribution in [-0.2, 0) is 16.0 Å². The van der Waals surface area contributed by atoms with Crippen LogP contribution in [0.15, 0.2) is 30.3 Å². The third-order valence-corrected chi connectivity index (χ3v) is 3.82. The molecule has 0 spiro atoms. The largest absolute Gasteiger partial charge is 0.354 e. The van der Waals surface area contributed by atoms with E-state index < -0.39 is 5.92 Å². The molecule has 1 aliphatic rings. The lowest BCUT2D eigenvalue weighted by Gasteiger charge is -2.18. The molecule has 2 rings (SSSR count). The van der Waals surface area contributed by atoms with Gasteiger partial charge in [-0.15, -0.1) is 0 Å². The Morgan fingerprint density at radius 1 is 0.783 bits per heavy atom. The van der Waals surface area contributed by atoms with Crippen molar-refractivity contribution in [1.29, 1.82) is 0 Å². The summed E-state index contributed by atoms with van der Waals surface area (Å²) in [7, 11) is 0. The summed E-state index contributed by atoms with van der Waals surface area (Å²) in [6, 6.07) is 9.64. The molecule has 1 fully saturated rings. The average molecular weight is 318 g/mol. The first-order valence-electron chi connectivity index (χ1n) is 8.28. The summed E-state index contributed by atoms with van der Waals surface area (Å²) >= 11 is 0. The first-order chi connectivity index (χ1) is 11.3. The molecule has 2 amide bonds. The molecule has 1 aromatic carbocycles.